The van der Waals surface area contributed by atoms with Crippen LogP contribution in [0.2, 0.25) is 5.15 Å². The molecule has 2 aromatic rings. The first-order chi connectivity index (χ1) is 7.49. The van der Waals surface area contributed by atoms with E-state index in [-0.39, 0.29) is 5.82 Å². The fraction of sp³-hybridized carbons (Fsp3) is 0.308. The standard InChI is InChI=1S/C13H13ClFN/c1-7(2)10-5-9-4-8(3)11(15)6-12(9)16-13(10)14/h4-7H,1-3H3. The molecular formula is C13H13ClFN. The summed E-state index contributed by atoms with van der Waals surface area (Å²) >= 11 is 6.06. The van der Waals surface area contributed by atoms with Gasteiger partial charge in [0.15, 0.2) is 0 Å². The number of aryl methyl sites for hydroxylation is 1. The maximum atomic E-state index is 13.4. The minimum absolute atomic E-state index is 0.242. The Morgan fingerprint density at radius 2 is 1.94 bits per heavy atom. The summed E-state index contributed by atoms with van der Waals surface area (Å²) in [5, 5.41) is 1.40. The molecule has 0 unspecified atom stereocenters. The lowest BCUT2D eigenvalue weighted by Crippen LogP contribution is -1.94. The molecule has 1 heterocycles. The summed E-state index contributed by atoms with van der Waals surface area (Å²) in [6.07, 6.45) is 0. The van der Waals surface area contributed by atoms with Crippen molar-refractivity contribution in [1.29, 1.82) is 0 Å². The lowest BCUT2D eigenvalue weighted by molar-refractivity contribution is 0.620. The zero-order valence-corrected chi connectivity index (χ0v) is 10.3. The smallest absolute Gasteiger partial charge is 0.133 e. The van der Waals surface area contributed by atoms with Gasteiger partial charge in [0.25, 0.3) is 0 Å². The molecule has 0 aliphatic carbocycles. The van der Waals surface area contributed by atoms with Crippen molar-refractivity contribution in [1.82, 2.24) is 4.98 Å². The Balaban J connectivity index is 2.74. The number of rotatable bonds is 1. The Hall–Kier alpha value is -1.15. The van der Waals surface area contributed by atoms with E-state index in [1.165, 1.54) is 6.07 Å². The van der Waals surface area contributed by atoms with E-state index >= 15 is 0 Å². The highest BCUT2D eigenvalue weighted by Crippen LogP contribution is 2.27. The second-order valence-corrected chi connectivity index (χ2v) is 4.68. The van der Waals surface area contributed by atoms with Gasteiger partial charge in [0.05, 0.1) is 5.52 Å². The minimum atomic E-state index is -0.242. The van der Waals surface area contributed by atoms with E-state index in [4.69, 9.17) is 11.6 Å². The molecule has 0 radical (unpaired) electrons. The van der Waals surface area contributed by atoms with Crippen molar-refractivity contribution in [2.75, 3.05) is 0 Å². The van der Waals surface area contributed by atoms with Crippen molar-refractivity contribution in [3.63, 3.8) is 0 Å². The summed E-state index contributed by atoms with van der Waals surface area (Å²) in [6, 6.07) is 5.22. The maximum Gasteiger partial charge on any atom is 0.133 e. The monoisotopic (exact) mass is 237 g/mol. The molecule has 0 fully saturated rings. The molecule has 0 spiro atoms. The molecule has 0 N–H and O–H groups in total. The third-order valence-corrected chi connectivity index (χ3v) is 3.00. The topological polar surface area (TPSA) is 12.9 Å². The largest absolute Gasteiger partial charge is 0.236 e. The fourth-order valence-electron chi connectivity index (χ4n) is 1.71. The minimum Gasteiger partial charge on any atom is -0.236 e. The van der Waals surface area contributed by atoms with Gasteiger partial charge in [-0.15, -0.1) is 0 Å². The van der Waals surface area contributed by atoms with Gasteiger partial charge in [-0.1, -0.05) is 25.4 Å². The summed E-state index contributed by atoms with van der Waals surface area (Å²) < 4.78 is 13.4. The Bertz CT molecular complexity index is 549. The first-order valence-corrected chi connectivity index (χ1v) is 5.63. The highest BCUT2D eigenvalue weighted by atomic mass is 35.5. The molecule has 1 nitrogen and oxygen atoms in total. The second-order valence-electron chi connectivity index (χ2n) is 4.32. The van der Waals surface area contributed by atoms with E-state index in [0.717, 1.165) is 10.9 Å². The second kappa shape index (κ2) is 4.02. The molecule has 2 rings (SSSR count). The van der Waals surface area contributed by atoms with Crippen LogP contribution >= 0.6 is 11.6 Å². The van der Waals surface area contributed by atoms with Gasteiger partial charge in [-0.2, -0.15) is 0 Å². The third kappa shape index (κ3) is 1.90. The lowest BCUT2D eigenvalue weighted by atomic mass is 10.0. The Kier molecular flexibility index (Phi) is 2.85. The van der Waals surface area contributed by atoms with Gasteiger partial charge in [-0.05, 0) is 36.1 Å². The summed E-state index contributed by atoms with van der Waals surface area (Å²) in [6.45, 7) is 5.87. The quantitative estimate of drug-likeness (QED) is 0.668. The molecule has 16 heavy (non-hydrogen) atoms. The predicted octanol–water partition coefficient (Wildman–Crippen LogP) is 4.46. The van der Waals surface area contributed by atoms with Crippen LogP contribution in [0.15, 0.2) is 18.2 Å². The highest BCUT2D eigenvalue weighted by Gasteiger charge is 2.10. The summed E-state index contributed by atoms with van der Waals surface area (Å²) in [5.74, 6) is 0.0723. The Morgan fingerprint density at radius 1 is 1.25 bits per heavy atom. The van der Waals surface area contributed by atoms with Crippen LogP contribution < -0.4 is 0 Å². The van der Waals surface area contributed by atoms with Crippen molar-refractivity contribution in [3.05, 3.63) is 40.3 Å². The average Bonchev–Trinajstić information content (AvgIpc) is 2.19. The van der Waals surface area contributed by atoms with Crippen molar-refractivity contribution in [2.24, 2.45) is 0 Å². The van der Waals surface area contributed by atoms with E-state index in [9.17, 15) is 4.39 Å². The van der Waals surface area contributed by atoms with Crippen LogP contribution in [0.5, 0.6) is 0 Å². The van der Waals surface area contributed by atoms with Crippen LogP contribution in [0.3, 0.4) is 0 Å². The van der Waals surface area contributed by atoms with Crippen molar-refractivity contribution < 1.29 is 4.39 Å². The number of benzene rings is 1. The van der Waals surface area contributed by atoms with Crippen LogP contribution in [0.25, 0.3) is 10.9 Å². The zero-order chi connectivity index (χ0) is 11.9. The number of hydrogen-bond acceptors (Lipinski definition) is 1. The number of aromatic nitrogens is 1. The molecule has 0 aliphatic heterocycles. The summed E-state index contributed by atoms with van der Waals surface area (Å²) in [4.78, 5) is 4.22. The van der Waals surface area contributed by atoms with Gasteiger partial charge in [-0.3, -0.25) is 0 Å². The number of halogens is 2. The third-order valence-electron chi connectivity index (χ3n) is 2.70. The molecule has 3 heteroatoms. The first kappa shape index (κ1) is 11.3. The Morgan fingerprint density at radius 3 is 2.56 bits per heavy atom. The van der Waals surface area contributed by atoms with Crippen LogP contribution in [0.4, 0.5) is 4.39 Å². The molecule has 84 valence electrons. The van der Waals surface area contributed by atoms with Crippen molar-refractivity contribution >= 4 is 22.5 Å². The van der Waals surface area contributed by atoms with Gasteiger partial charge in [0.2, 0.25) is 0 Å². The molecule has 0 saturated carbocycles. The number of hydrogen-bond donors (Lipinski definition) is 0. The van der Waals surface area contributed by atoms with Crippen molar-refractivity contribution in [3.8, 4) is 0 Å². The number of pyridine rings is 1. The van der Waals surface area contributed by atoms with Gasteiger partial charge < -0.3 is 0 Å². The van der Waals surface area contributed by atoms with Crippen LogP contribution in [0, 0.1) is 12.7 Å². The molecule has 1 aromatic heterocycles. The first-order valence-electron chi connectivity index (χ1n) is 5.25. The van der Waals surface area contributed by atoms with E-state index in [1.807, 2.05) is 6.07 Å². The van der Waals surface area contributed by atoms with Crippen LogP contribution in [-0.2, 0) is 0 Å². The average molecular weight is 238 g/mol. The summed E-state index contributed by atoms with van der Waals surface area (Å²) in [5.41, 5.74) is 2.24. The number of fused-ring (bicyclic) bond motifs is 1. The van der Waals surface area contributed by atoms with E-state index in [0.29, 0.717) is 22.2 Å². The summed E-state index contributed by atoms with van der Waals surface area (Å²) in [7, 11) is 0. The molecule has 0 saturated heterocycles. The van der Waals surface area contributed by atoms with E-state index in [1.54, 1.807) is 13.0 Å². The van der Waals surface area contributed by atoms with Gasteiger partial charge in [-0.25, -0.2) is 9.37 Å². The van der Waals surface area contributed by atoms with Gasteiger partial charge in [0, 0.05) is 11.5 Å². The maximum absolute atomic E-state index is 13.4. The van der Waals surface area contributed by atoms with E-state index in [2.05, 4.69) is 18.8 Å². The number of nitrogens with zero attached hydrogens (tertiary/aromatic N) is 1. The molecule has 0 atom stereocenters. The molecule has 0 bridgehead atoms. The van der Waals surface area contributed by atoms with Crippen LogP contribution in [0.1, 0.15) is 30.9 Å². The van der Waals surface area contributed by atoms with Crippen LogP contribution in [-0.4, -0.2) is 4.98 Å². The highest BCUT2D eigenvalue weighted by molar-refractivity contribution is 6.30. The zero-order valence-electron chi connectivity index (χ0n) is 9.51. The van der Waals surface area contributed by atoms with Gasteiger partial charge in [0.1, 0.15) is 11.0 Å². The predicted molar refractivity (Wildman–Crippen MR) is 65.5 cm³/mol. The SMILES string of the molecule is Cc1cc2cc(C(C)C)c(Cl)nc2cc1F. The lowest BCUT2D eigenvalue weighted by Gasteiger charge is -2.09. The van der Waals surface area contributed by atoms with Gasteiger partial charge >= 0.3 is 0 Å². The molecule has 0 aliphatic rings. The fourth-order valence-corrected chi connectivity index (χ4v) is 2.07. The molecular weight excluding hydrogens is 225 g/mol. The van der Waals surface area contributed by atoms with E-state index < -0.39 is 0 Å². The molecule has 0 amide bonds. The van der Waals surface area contributed by atoms with Crippen molar-refractivity contribution in [2.45, 2.75) is 26.7 Å². The normalized spacial score (nSPS) is 11.4. The Labute approximate surface area is 99.3 Å². The molecule has 1 aromatic carbocycles.